The van der Waals surface area contributed by atoms with E-state index in [4.69, 9.17) is 33.9 Å². The summed E-state index contributed by atoms with van der Waals surface area (Å²) < 4.78 is 130. The summed E-state index contributed by atoms with van der Waals surface area (Å²) in [4.78, 5) is 33.2. The van der Waals surface area contributed by atoms with Gasteiger partial charge in [0.05, 0.1) is 49.0 Å². The Balaban J connectivity index is 1.10. The number of aromatic nitrogens is 6. The quantitative estimate of drug-likeness (QED) is 0.102. The van der Waals surface area contributed by atoms with E-state index >= 15 is 8.78 Å². The van der Waals surface area contributed by atoms with Gasteiger partial charge in [0.2, 0.25) is 5.88 Å². The lowest BCUT2D eigenvalue weighted by Crippen LogP contribution is -2.43. The van der Waals surface area contributed by atoms with Crippen LogP contribution in [0.2, 0.25) is 0 Å². The van der Waals surface area contributed by atoms with Gasteiger partial charge >= 0.3 is 12.2 Å². The number of nitrogens with zero attached hydrogens (tertiary/aromatic N) is 9. The van der Waals surface area contributed by atoms with E-state index in [1.807, 2.05) is 60.4 Å². The van der Waals surface area contributed by atoms with Gasteiger partial charge in [-0.25, -0.2) is 32.5 Å². The molecule has 69 heavy (non-hydrogen) atoms. The molecule has 0 N–H and O–H groups in total. The number of aryl methyl sites for hydroxylation is 1. The smallest absolute Gasteiger partial charge is 0.418 e. The fourth-order valence-corrected chi connectivity index (χ4v) is 10.5. The number of hydrogen-bond acceptors (Lipinski definition) is 13. The topological polar surface area (TPSA) is 124 Å². The van der Waals surface area contributed by atoms with E-state index in [1.165, 1.54) is 6.92 Å². The average molecular weight is 960 g/mol. The van der Waals surface area contributed by atoms with E-state index in [1.54, 1.807) is 31.5 Å². The molecule has 3 atom stereocenters. The summed E-state index contributed by atoms with van der Waals surface area (Å²) in [6, 6.07) is 14.2. The third-order valence-electron chi connectivity index (χ3n) is 14.1. The van der Waals surface area contributed by atoms with Crippen LogP contribution in [-0.2, 0) is 19.3 Å². The summed E-state index contributed by atoms with van der Waals surface area (Å²) in [6.07, 6.45) is -0.739. The van der Waals surface area contributed by atoms with Crippen LogP contribution in [0.25, 0.3) is 22.3 Å². The zero-order chi connectivity index (χ0) is 48.6. The van der Waals surface area contributed by atoms with Gasteiger partial charge in [0.15, 0.2) is 11.6 Å². The van der Waals surface area contributed by atoms with Crippen LogP contribution >= 0.6 is 0 Å². The van der Waals surface area contributed by atoms with Crippen molar-refractivity contribution >= 4 is 22.5 Å². The van der Waals surface area contributed by atoms with E-state index in [9.17, 15) is 22.0 Å². The minimum atomic E-state index is -5.16. The van der Waals surface area contributed by atoms with Gasteiger partial charge in [-0.15, -0.1) is 0 Å². The summed E-state index contributed by atoms with van der Waals surface area (Å²) >= 11 is 0. The lowest BCUT2D eigenvalue weighted by Gasteiger charge is -2.33. The third-order valence-corrected chi connectivity index (χ3v) is 14.1. The van der Waals surface area contributed by atoms with Crippen molar-refractivity contribution in [2.45, 2.75) is 83.2 Å². The molecule has 0 bridgehead atoms. The van der Waals surface area contributed by atoms with E-state index in [-0.39, 0.29) is 62.2 Å². The fourth-order valence-electron chi connectivity index (χ4n) is 10.5. The minimum Gasteiger partial charge on any atom is -0.497 e. The van der Waals surface area contributed by atoms with Gasteiger partial charge < -0.3 is 28.7 Å². The number of halogens is 7. The predicted octanol–water partition coefficient (Wildman–Crippen LogP) is 9.62. The van der Waals surface area contributed by atoms with Crippen molar-refractivity contribution in [3.8, 4) is 34.8 Å². The molecule has 3 aliphatic heterocycles. The second kappa shape index (κ2) is 17.1. The Morgan fingerprint density at radius 2 is 1.48 bits per heavy atom. The molecule has 1 saturated carbocycles. The summed E-state index contributed by atoms with van der Waals surface area (Å²) in [6.45, 7) is 5.41. The van der Waals surface area contributed by atoms with Crippen LogP contribution in [0, 0.1) is 30.9 Å². The van der Waals surface area contributed by atoms with Crippen molar-refractivity contribution in [1.82, 2.24) is 34.8 Å². The minimum absolute atomic E-state index is 0.0641. The molecule has 7 heterocycles. The first-order chi connectivity index (χ1) is 32.9. The standard InChI is InChI=1S/C49H48F7N9O4/c1-27-35(49(54,55)56)40(59-28(2)36(27)50)41-37(51)39-34-42(62-45(61-39)69-26-47-15-6-18-64(47)25-46(23-47)24-48(46,52)53)65(19-20-68-44(34)60-41)29(3)38-43(58-17-16-57-38)63(21-30-7-11-32(66-4)12-8-30)22-31-9-13-33(67-5)14-10-31/h7-14,16-17,29H,6,15,18-26H2,1-5H3/t29-,46-,47+/m1/s1. The SMILES string of the molecule is COc1ccc(CN(Cc2ccc(OC)cc2)c2nccnc2[C@@H](C)N2CCOc3nc(-c4nc(C)c(F)c(C)c4C(F)(F)F)c(F)c4nc(OC[C@@]56CCCN5C[C@]5(CC5(F)F)C6)nc2c34)cc1. The van der Waals surface area contributed by atoms with Crippen LogP contribution in [0.4, 0.5) is 42.4 Å². The first-order valence-corrected chi connectivity index (χ1v) is 22.6. The largest absolute Gasteiger partial charge is 0.497 e. The Morgan fingerprint density at radius 1 is 0.826 bits per heavy atom. The molecule has 362 valence electrons. The number of benzene rings is 2. The zero-order valence-electron chi connectivity index (χ0n) is 38.4. The molecular weight excluding hydrogens is 912 g/mol. The number of ether oxygens (including phenoxy) is 4. The maximum atomic E-state index is 17.5. The molecule has 2 saturated heterocycles. The molecule has 1 spiro atoms. The molecule has 13 nitrogen and oxygen atoms in total. The lowest BCUT2D eigenvalue weighted by molar-refractivity contribution is -0.138. The molecule has 6 aromatic rings. The third kappa shape index (κ3) is 8.12. The second-order valence-corrected chi connectivity index (χ2v) is 18.4. The Bertz CT molecular complexity index is 2900. The van der Waals surface area contributed by atoms with Crippen molar-refractivity contribution in [1.29, 1.82) is 0 Å². The van der Waals surface area contributed by atoms with Crippen LogP contribution in [-0.4, -0.2) is 93.3 Å². The van der Waals surface area contributed by atoms with Crippen molar-refractivity contribution in [3.05, 3.63) is 106 Å². The van der Waals surface area contributed by atoms with Crippen molar-refractivity contribution in [2.75, 3.05) is 56.9 Å². The van der Waals surface area contributed by atoms with Crippen LogP contribution in [0.3, 0.4) is 0 Å². The van der Waals surface area contributed by atoms with Gasteiger partial charge in [-0.3, -0.25) is 9.88 Å². The van der Waals surface area contributed by atoms with Gasteiger partial charge in [-0.05, 0) is 82.0 Å². The number of hydrogen-bond donors (Lipinski definition) is 0. The summed E-state index contributed by atoms with van der Waals surface area (Å²) in [5.74, 6) is -3.66. The molecule has 3 fully saturated rings. The van der Waals surface area contributed by atoms with Crippen molar-refractivity contribution < 1.29 is 49.7 Å². The van der Waals surface area contributed by atoms with E-state index in [2.05, 4.69) is 19.9 Å². The van der Waals surface area contributed by atoms with Crippen LogP contribution in [0.15, 0.2) is 60.9 Å². The first-order valence-electron chi connectivity index (χ1n) is 22.6. The second-order valence-electron chi connectivity index (χ2n) is 18.4. The Labute approximate surface area is 392 Å². The van der Waals surface area contributed by atoms with Gasteiger partial charge in [0.1, 0.15) is 64.3 Å². The molecule has 0 unspecified atom stereocenters. The number of alkyl halides is 5. The molecule has 1 aliphatic carbocycles. The van der Waals surface area contributed by atoms with Gasteiger partial charge in [-0.1, -0.05) is 24.3 Å². The van der Waals surface area contributed by atoms with Gasteiger partial charge in [-0.2, -0.15) is 23.1 Å². The maximum absolute atomic E-state index is 17.5. The molecule has 0 amide bonds. The summed E-state index contributed by atoms with van der Waals surface area (Å²) in [5.41, 5.74) is -4.57. The fraction of sp³-hybridized carbons (Fsp3) is 0.429. The van der Waals surface area contributed by atoms with Crippen LogP contribution in [0.1, 0.15) is 72.3 Å². The monoisotopic (exact) mass is 959 g/mol. The molecule has 4 aliphatic rings. The van der Waals surface area contributed by atoms with E-state index in [0.717, 1.165) is 24.5 Å². The highest BCUT2D eigenvalue weighted by Crippen LogP contribution is 2.69. The number of methoxy groups -OCH3 is 2. The van der Waals surface area contributed by atoms with E-state index < -0.39 is 74.5 Å². The lowest BCUT2D eigenvalue weighted by atomic mass is 9.89. The van der Waals surface area contributed by atoms with Gasteiger partial charge in [0.25, 0.3) is 5.92 Å². The van der Waals surface area contributed by atoms with Crippen LogP contribution in [0.5, 0.6) is 23.4 Å². The molecule has 0 radical (unpaired) electrons. The highest BCUT2D eigenvalue weighted by atomic mass is 19.4. The highest BCUT2D eigenvalue weighted by Gasteiger charge is 2.77. The summed E-state index contributed by atoms with van der Waals surface area (Å²) in [7, 11) is 3.18. The zero-order valence-corrected chi connectivity index (χ0v) is 38.4. The Kier molecular flexibility index (Phi) is 11.5. The molecule has 10 rings (SSSR count). The number of fused-ring (bicyclic) bond motifs is 1. The van der Waals surface area contributed by atoms with Crippen molar-refractivity contribution in [3.63, 3.8) is 0 Å². The molecule has 20 heteroatoms. The average Bonchev–Trinajstić information content (AvgIpc) is 3.53. The van der Waals surface area contributed by atoms with E-state index in [0.29, 0.717) is 49.1 Å². The van der Waals surface area contributed by atoms with Gasteiger partial charge in [0, 0.05) is 44.0 Å². The maximum Gasteiger partial charge on any atom is 0.418 e. The van der Waals surface area contributed by atoms with Crippen molar-refractivity contribution in [2.24, 2.45) is 5.41 Å². The number of rotatable bonds is 13. The normalized spacial score (nSPS) is 21.0. The molecular formula is C49H48F7N9O4. The number of pyridine rings is 2. The van der Waals surface area contributed by atoms with Crippen LogP contribution < -0.4 is 28.7 Å². The number of anilines is 2. The first kappa shape index (κ1) is 46.2. The predicted molar refractivity (Wildman–Crippen MR) is 240 cm³/mol. The summed E-state index contributed by atoms with van der Waals surface area (Å²) in [5, 5.41) is -0.0751. The highest BCUT2D eigenvalue weighted by molar-refractivity contribution is 5.97. The Hall–Kier alpha value is -6.57. The Morgan fingerprint density at radius 3 is 2.10 bits per heavy atom. The molecule has 4 aromatic heterocycles. The molecule has 2 aromatic carbocycles.